The minimum atomic E-state index is -3.11. The number of carboxylic acid groups (broad SMARTS) is 1. The number of nitrogens with one attached hydrogen (secondary N) is 1. The molecule has 1 unspecified atom stereocenters. The van der Waals surface area contributed by atoms with Crippen LogP contribution in [0.1, 0.15) is 50.8 Å². The van der Waals surface area contributed by atoms with Gasteiger partial charge in [0.2, 0.25) is 0 Å². The lowest BCUT2D eigenvalue weighted by molar-refractivity contribution is -0.144. The van der Waals surface area contributed by atoms with Crippen molar-refractivity contribution >= 4 is 29.2 Å². The maximum atomic E-state index is 14.1. The lowest BCUT2D eigenvalue weighted by Crippen LogP contribution is -2.56. The maximum Gasteiger partial charge on any atom is 0.387 e. The number of amides is 1. The smallest absolute Gasteiger partial charge is 0.387 e. The topological polar surface area (TPSA) is 106 Å². The number of carbonyl (C=O) groups is 2. The molecule has 1 atom stereocenters. The highest BCUT2D eigenvalue weighted by Gasteiger charge is 2.47. The first-order valence-electron chi connectivity index (χ1n) is 13.6. The minimum absolute atomic E-state index is 0.0499. The van der Waals surface area contributed by atoms with Gasteiger partial charge in [-0.3, -0.25) is 14.3 Å². The van der Waals surface area contributed by atoms with Crippen molar-refractivity contribution in [3.63, 3.8) is 0 Å². The van der Waals surface area contributed by atoms with Crippen molar-refractivity contribution in [2.24, 2.45) is 0 Å². The maximum absolute atomic E-state index is 14.1. The molecule has 9 nitrogen and oxygen atoms in total. The van der Waals surface area contributed by atoms with Gasteiger partial charge in [0.05, 0.1) is 12.8 Å². The van der Waals surface area contributed by atoms with E-state index < -0.39 is 29.4 Å². The van der Waals surface area contributed by atoms with E-state index in [-0.39, 0.29) is 28.9 Å². The van der Waals surface area contributed by atoms with Crippen LogP contribution in [-0.2, 0) is 20.5 Å². The minimum Gasteiger partial charge on any atom is -0.497 e. The van der Waals surface area contributed by atoms with Crippen LogP contribution in [0.2, 0.25) is 5.02 Å². The number of carbonyl (C=O) groups excluding carboxylic acids is 1. The van der Waals surface area contributed by atoms with E-state index in [1.54, 1.807) is 49.2 Å². The quantitative estimate of drug-likeness (QED) is 0.287. The highest BCUT2D eigenvalue weighted by atomic mass is 35.5. The summed E-state index contributed by atoms with van der Waals surface area (Å²) in [5, 5.41) is 17.7. The molecule has 0 bridgehead atoms. The lowest BCUT2D eigenvalue weighted by Gasteiger charge is -2.43. The van der Waals surface area contributed by atoms with Crippen molar-refractivity contribution in [3.05, 3.63) is 71.0 Å². The first-order chi connectivity index (χ1) is 19.9. The van der Waals surface area contributed by atoms with E-state index in [1.807, 2.05) is 24.8 Å². The molecule has 2 aromatic carbocycles. The molecule has 0 aliphatic carbocycles. The van der Waals surface area contributed by atoms with Gasteiger partial charge in [0.25, 0.3) is 5.91 Å². The molecule has 2 heterocycles. The fourth-order valence-electron chi connectivity index (χ4n) is 5.44. The van der Waals surface area contributed by atoms with E-state index >= 15 is 0 Å². The molecule has 1 aromatic heterocycles. The SMILES string of the molecule is COc1ccc(C(C)(CN2CCC(C(=O)Nc3ccc(Cl)cc3OC(F)F)(n3nccc3C(C)C)CC2)C(=O)O)cc1. The van der Waals surface area contributed by atoms with Crippen LogP contribution in [0.15, 0.2) is 54.7 Å². The summed E-state index contributed by atoms with van der Waals surface area (Å²) in [6.45, 7) is 3.57. The molecule has 3 aromatic rings. The lowest BCUT2D eigenvalue weighted by atomic mass is 9.80. The Morgan fingerprint density at radius 3 is 2.38 bits per heavy atom. The Bertz CT molecular complexity index is 1410. The Labute approximate surface area is 248 Å². The van der Waals surface area contributed by atoms with Gasteiger partial charge in [0, 0.05) is 42.6 Å². The van der Waals surface area contributed by atoms with Crippen LogP contribution < -0.4 is 14.8 Å². The standard InChI is InChI=1S/C30H35ClF2N4O5/c1-19(2)24-11-14-34-37(24)30(26(38)35-23-10-7-21(31)17-25(23)42-28(32)33)12-15-36(16-13-30)18-29(3,27(39)40)20-5-8-22(41-4)9-6-20/h5-11,14,17,19,28H,12-13,15-16,18H2,1-4H3,(H,35,38)(H,39,40). The van der Waals surface area contributed by atoms with Crippen LogP contribution >= 0.6 is 11.6 Å². The van der Waals surface area contributed by atoms with Crippen molar-refractivity contribution in [1.82, 2.24) is 14.7 Å². The fourth-order valence-corrected chi connectivity index (χ4v) is 5.61. The number of aliphatic carboxylic acids is 1. The van der Waals surface area contributed by atoms with Crippen LogP contribution in [0, 0.1) is 0 Å². The first-order valence-corrected chi connectivity index (χ1v) is 14.0. The zero-order valence-electron chi connectivity index (χ0n) is 23.9. The Kier molecular flexibility index (Phi) is 9.42. The molecule has 1 aliphatic heterocycles. The number of hydrogen-bond acceptors (Lipinski definition) is 6. The Hall–Kier alpha value is -3.70. The van der Waals surface area contributed by atoms with E-state index in [0.717, 1.165) is 5.69 Å². The van der Waals surface area contributed by atoms with Crippen molar-refractivity contribution in [3.8, 4) is 11.5 Å². The zero-order chi connectivity index (χ0) is 30.7. The number of methoxy groups -OCH3 is 1. The second-order valence-corrected chi connectivity index (χ2v) is 11.4. The number of alkyl halides is 2. The Balaban J connectivity index is 1.63. The summed E-state index contributed by atoms with van der Waals surface area (Å²) in [6.07, 6.45) is 2.24. The second kappa shape index (κ2) is 12.7. The summed E-state index contributed by atoms with van der Waals surface area (Å²) < 4.78 is 37.8. The number of halogens is 3. The highest BCUT2D eigenvalue weighted by Crippen LogP contribution is 2.38. The second-order valence-electron chi connectivity index (χ2n) is 11.0. The number of rotatable bonds is 11. The summed E-state index contributed by atoms with van der Waals surface area (Å²) in [5.74, 6) is -0.979. The van der Waals surface area contributed by atoms with Crippen LogP contribution in [0.4, 0.5) is 14.5 Å². The van der Waals surface area contributed by atoms with Gasteiger partial charge in [-0.05, 0) is 61.6 Å². The van der Waals surface area contributed by atoms with Gasteiger partial charge >= 0.3 is 12.6 Å². The molecule has 0 radical (unpaired) electrons. The van der Waals surface area contributed by atoms with Crippen LogP contribution in [-0.4, -0.2) is 65.0 Å². The van der Waals surface area contributed by atoms with E-state index in [1.165, 1.54) is 18.2 Å². The molecule has 226 valence electrons. The normalized spacial score (nSPS) is 16.7. The van der Waals surface area contributed by atoms with Crippen molar-refractivity contribution in [2.75, 3.05) is 32.1 Å². The summed E-state index contributed by atoms with van der Waals surface area (Å²) in [7, 11) is 1.55. The predicted octanol–water partition coefficient (Wildman–Crippen LogP) is 5.74. The third-order valence-electron chi connectivity index (χ3n) is 7.92. The summed E-state index contributed by atoms with van der Waals surface area (Å²) in [4.78, 5) is 28.6. The monoisotopic (exact) mass is 604 g/mol. The van der Waals surface area contributed by atoms with Gasteiger partial charge in [-0.2, -0.15) is 13.9 Å². The summed E-state index contributed by atoms with van der Waals surface area (Å²) in [6, 6.07) is 12.9. The molecule has 42 heavy (non-hydrogen) atoms. The average Bonchev–Trinajstić information content (AvgIpc) is 3.46. The molecule has 1 fully saturated rings. The summed E-state index contributed by atoms with van der Waals surface area (Å²) in [5.41, 5.74) is -0.848. The molecule has 1 saturated heterocycles. The molecule has 1 amide bonds. The van der Waals surface area contributed by atoms with Gasteiger partial charge in [-0.25, -0.2) is 0 Å². The summed E-state index contributed by atoms with van der Waals surface area (Å²) >= 11 is 5.99. The zero-order valence-corrected chi connectivity index (χ0v) is 24.7. The highest BCUT2D eigenvalue weighted by molar-refractivity contribution is 6.30. The fraction of sp³-hybridized carbons (Fsp3) is 0.433. The van der Waals surface area contributed by atoms with Crippen LogP contribution in [0.25, 0.3) is 0 Å². The molecule has 2 N–H and O–H groups in total. The number of likely N-dealkylation sites (tertiary alicyclic amines) is 1. The first kappa shape index (κ1) is 31.2. The van der Waals surface area contributed by atoms with Crippen LogP contribution in [0.3, 0.4) is 0 Å². The third-order valence-corrected chi connectivity index (χ3v) is 8.16. The number of carboxylic acids is 1. The Morgan fingerprint density at radius 1 is 1.14 bits per heavy atom. The van der Waals surface area contributed by atoms with Crippen molar-refractivity contribution in [2.45, 2.75) is 57.1 Å². The molecule has 4 rings (SSSR count). The van der Waals surface area contributed by atoms with Gasteiger partial charge in [0.15, 0.2) is 5.75 Å². The molecule has 1 aliphatic rings. The third kappa shape index (κ3) is 6.37. The number of nitrogens with zero attached hydrogens (tertiary/aromatic N) is 3. The largest absolute Gasteiger partial charge is 0.497 e. The number of aromatic nitrogens is 2. The number of benzene rings is 2. The van der Waals surface area contributed by atoms with Gasteiger partial charge in [-0.1, -0.05) is 37.6 Å². The van der Waals surface area contributed by atoms with E-state index in [2.05, 4.69) is 15.2 Å². The van der Waals surface area contributed by atoms with Crippen molar-refractivity contribution in [1.29, 1.82) is 0 Å². The molecular formula is C30H35ClF2N4O5. The number of hydrogen-bond donors (Lipinski definition) is 2. The number of anilines is 1. The van der Waals surface area contributed by atoms with Gasteiger partial charge in [0.1, 0.15) is 16.7 Å². The Morgan fingerprint density at radius 2 is 1.81 bits per heavy atom. The van der Waals surface area contributed by atoms with E-state index in [0.29, 0.717) is 37.2 Å². The van der Waals surface area contributed by atoms with Gasteiger partial charge in [-0.15, -0.1) is 0 Å². The van der Waals surface area contributed by atoms with Crippen molar-refractivity contribution < 1.29 is 33.0 Å². The molecule has 12 heteroatoms. The van der Waals surface area contributed by atoms with Crippen LogP contribution in [0.5, 0.6) is 11.5 Å². The molecule has 0 saturated carbocycles. The van der Waals surface area contributed by atoms with E-state index in [4.69, 9.17) is 16.3 Å². The van der Waals surface area contributed by atoms with Gasteiger partial charge < -0.3 is 24.8 Å². The average molecular weight is 605 g/mol. The van der Waals surface area contributed by atoms with E-state index in [9.17, 15) is 23.5 Å². The molecular weight excluding hydrogens is 570 g/mol. The molecule has 0 spiro atoms. The number of piperidine rings is 1. The number of ether oxygens (including phenoxy) is 2. The predicted molar refractivity (Wildman–Crippen MR) is 155 cm³/mol.